The zero-order valence-corrected chi connectivity index (χ0v) is 12.0. The minimum atomic E-state index is -0.941. The number of rotatable bonds is 9. The molecule has 1 N–H and O–H groups in total. The van der Waals surface area contributed by atoms with Crippen LogP contribution < -0.4 is 4.74 Å². The third-order valence-corrected chi connectivity index (χ3v) is 3.54. The van der Waals surface area contributed by atoms with E-state index in [1.54, 1.807) is 24.3 Å². The number of hydrogen-bond acceptors (Lipinski definition) is 3. The van der Waals surface area contributed by atoms with Gasteiger partial charge >= 0.3 is 5.97 Å². The average molecular weight is 277 g/mol. The zero-order valence-electron chi connectivity index (χ0n) is 12.0. The monoisotopic (exact) mass is 277 g/mol. The fourth-order valence-corrected chi connectivity index (χ4v) is 2.33. The van der Waals surface area contributed by atoms with Crippen LogP contribution in [0, 0.1) is 5.92 Å². The minimum absolute atomic E-state index is 0.233. The molecule has 0 aromatic heterocycles. The van der Waals surface area contributed by atoms with Gasteiger partial charge in [0.05, 0.1) is 0 Å². The van der Waals surface area contributed by atoms with E-state index in [0.717, 1.165) is 32.0 Å². The summed E-state index contributed by atoms with van der Waals surface area (Å²) < 4.78 is 5.65. The predicted octanol–water partition coefficient (Wildman–Crippen LogP) is 2.89. The number of carboxylic acids is 1. The van der Waals surface area contributed by atoms with Crippen LogP contribution >= 0.6 is 0 Å². The fourth-order valence-electron chi connectivity index (χ4n) is 2.33. The lowest BCUT2D eigenvalue weighted by Gasteiger charge is -2.21. The number of ether oxygens (including phenoxy) is 1. The third kappa shape index (κ3) is 4.53. The van der Waals surface area contributed by atoms with Gasteiger partial charge < -0.3 is 9.84 Å². The first-order chi connectivity index (χ1) is 9.70. The Morgan fingerprint density at radius 3 is 2.75 bits per heavy atom. The van der Waals surface area contributed by atoms with Crippen LogP contribution in [0.1, 0.15) is 36.5 Å². The van der Waals surface area contributed by atoms with Crippen molar-refractivity contribution < 1.29 is 14.6 Å². The Balaban J connectivity index is 1.82. The molecule has 0 saturated heterocycles. The maximum absolute atomic E-state index is 11.1. The Bertz CT molecular complexity index is 443. The lowest BCUT2D eigenvalue weighted by Crippen LogP contribution is -2.31. The first kappa shape index (κ1) is 14.9. The van der Waals surface area contributed by atoms with Crippen molar-refractivity contribution in [3.63, 3.8) is 0 Å². The van der Waals surface area contributed by atoms with Crippen molar-refractivity contribution >= 4 is 5.97 Å². The highest BCUT2D eigenvalue weighted by molar-refractivity contribution is 5.90. The second-order valence-corrected chi connectivity index (χ2v) is 5.39. The van der Waals surface area contributed by atoms with Crippen molar-refractivity contribution in [2.24, 2.45) is 5.92 Å². The highest BCUT2D eigenvalue weighted by Crippen LogP contribution is 2.29. The smallest absolute Gasteiger partial charge is 0.339 e. The molecule has 1 saturated carbocycles. The molecule has 110 valence electrons. The van der Waals surface area contributed by atoms with Crippen LogP contribution in [0.15, 0.2) is 24.3 Å². The van der Waals surface area contributed by atoms with E-state index in [-0.39, 0.29) is 5.56 Å². The van der Waals surface area contributed by atoms with E-state index in [4.69, 9.17) is 9.84 Å². The molecule has 1 aromatic rings. The second kappa shape index (κ2) is 7.29. The minimum Gasteiger partial charge on any atom is -0.491 e. The van der Waals surface area contributed by atoms with E-state index in [2.05, 4.69) is 11.8 Å². The molecule has 0 aliphatic heterocycles. The van der Waals surface area contributed by atoms with E-state index in [1.165, 1.54) is 12.8 Å². The van der Waals surface area contributed by atoms with E-state index >= 15 is 0 Å². The molecule has 0 spiro atoms. The van der Waals surface area contributed by atoms with Gasteiger partial charge in [-0.2, -0.15) is 0 Å². The quantitative estimate of drug-likeness (QED) is 0.754. The summed E-state index contributed by atoms with van der Waals surface area (Å²) in [5, 5.41) is 9.10. The Morgan fingerprint density at radius 1 is 1.35 bits per heavy atom. The molecule has 20 heavy (non-hydrogen) atoms. The standard InChI is InChI=1S/C16H23NO3/c1-2-9-17(12-13-7-8-13)10-11-20-15-6-4-3-5-14(15)16(18)19/h3-6,13H,2,7-12H2,1H3,(H,18,19). The van der Waals surface area contributed by atoms with E-state index < -0.39 is 5.97 Å². The first-order valence-electron chi connectivity index (χ1n) is 7.38. The van der Waals surface area contributed by atoms with Crippen LogP contribution in [-0.2, 0) is 0 Å². The number of para-hydroxylation sites is 1. The molecule has 0 heterocycles. The second-order valence-electron chi connectivity index (χ2n) is 5.39. The van der Waals surface area contributed by atoms with Gasteiger partial charge in [-0.15, -0.1) is 0 Å². The summed E-state index contributed by atoms with van der Waals surface area (Å²) in [7, 11) is 0. The maximum Gasteiger partial charge on any atom is 0.339 e. The summed E-state index contributed by atoms with van der Waals surface area (Å²) in [5.41, 5.74) is 0.233. The van der Waals surface area contributed by atoms with Crippen LogP contribution in [0.2, 0.25) is 0 Å². The molecule has 0 unspecified atom stereocenters. The third-order valence-electron chi connectivity index (χ3n) is 3.54. The molecule has 4 heteroatoms. The van der Waals surface area contributed by atoms with Crippen molar-refractivity contribution in [1.29, 1.82) is 0 Å². The Kier molecular flexibility index (Phi) is 5.41. The van der Waals surface area contributed by atoms with E-state index in [0.29, 0.717) is 12.4 Å². The van der Waals surface area contributed by atoms with Crippen molar-refractivity contribution in [1.82, 2.24) is 4.90 Å². The molecular formula is C16H23NO3. The first-order valence-corrected chi connectivity index (χ1v) is 7.38. The van der Waals surface area contributed by atoms with Gasteiger partial charge in [-0.3, -0.25) is 4.90 Å². The molecule has 0 radical (unpaired) electrons. The zero-order chi connectivity index (χ0) is 14.4. The molecule has 4 nitrogen and oxygen atoms in total. The number of hydrogen-bond donors (Lipinski definition) is 1. The van der Waals surface area contributed by atoms with Gasteiger partial charge in [0.2, 0.25) is 0 Å². The van der Waals surface area contributed by atoms with Crippen molar-refractivity contribution in [2.45, 2.75) is 26.2 Å². The molecule has 0 atom stereocenters. The molecule has 0 amide bonds. The molecule has 1 aliphatic carbocycles. The molecule has 1 aromatic carbocycles. The average Bonchev–Trinajstić information content (AvgIpc) is 3.23. The summed E-state index contributed by atoms with van der Waals surface area (Å²) >= 11 is 0. The number of benzene rings is 1. The lowest BCUT2D eigenvalue weighted by atomic mass is 10.2. The molecular weight excluding hydrogens is 254 g/mol. The van der Waals surface area contributed by atoms with Crippen LogP contribution in [0.25, 0.3) is 0 Å². The largest absolute Gasteiger partial charge is 0.491 e. The van der Waals surface area contributed by atoms with Crippen molar-refractivity contribution in [3.8, 4) is 5.75 Å². The van der Waals surface area contributed by atoms with Gasteiger partial charge in [0, 0.05) is 13.1 Å². The van der Waals surface area contributed by atoms with Gasteiger partial charge in [0.1, 0.15) is 17.9 Å². The van der Waals surface area contributed by atoms with Crippen LogP contribution in [-0.4, -0.2) is 42.2 Å². The molecule has 1 fully saturated rings. The highest BCUT2D eigenvalue weighted by Gasteiger charge is 2.23. The van der Waals surface area contributed by atoms with E-state index in [9.17, 15) is 4.79 Å². The Labute approximate surface area is 120 Å². The highest BCUT2D eigenvalue weighted by atomic mass is 16.5. The number of nitrogens with zero attached hydrogens (tertiary/aromatic N) is 1. The number of aromatic carboxylic acids is 1. The topological polar surface area (TPSA) is 49.8 Å². The van der Waals surface area contributed by atoms with Gasteiger partial charge in [-0.25, -0.2) is 4.79 Å². The molecule has 2 rings (SSSR count). The predicted molar refractivity (Wildman–Crippen MR) is 78.4 cm³/mol. The van der Waals surface area contributed by atoms with Crippen LogP contribution in [0.3, 0.4) is 0 Å². The van der Waals surface area contributed by atoms with E-state index in [1.807, 2.05) is 0 Å². The van der Waals surface area contributed by atoms with Crippen LogP contribution in [0.5, 0.6) is 5.75 Å². The maximum atomic E-state index is 11.1. The van der Waals surface area contributed by atoms with Crippen LogP contribution in [0.4, 0.5) is 0 Å². The van der Waals surface area contributed by atoms with Gasteiger partial charge in [0.15, 0.2) is 0 Å². The number of carboxylic acid groups (broad SMARTS) is 1. The number of carbonyl (C=O) groups is 1. The molecule has 0 bridgehead atoms. The Hall–Kier alpha value is -1.55. The SMILES string of the molecule is CCCN(CCOc1ccccc1C(=O)O)CC1CC1. The lowest BCUT2D eigenvalue weighted by molar-refractivity contribution is 0.0691. The Morgan fingerprint density at radius 2 is 2.10 bits per heavy atom. The molecule has 1 aliphatic rings. The van der Waals surface area contributed by atoms with Crippen molar-refractivity contribution in [2.75, 3.05) is 26.2 Å². The summed E-state index contributed by atoms with van der Waals surface area (Å²) in [6.07, 6.45) is 3.84. The summed E-state index contributed by atoms with van der Waals surface area (Å²) in [6, 6.07) is 6.81. The fraction of sp³-hybridized carbons (Fsp3) is 0.562. The summed E-state index contributed by atoms with van der Waals surface area (Å²) in [5.74, 6) is 0.389. The van der Waals surface area contributed by atoms with Gasteiger partial charge in [-0.05, 0) is 43.9 Å². The van der Waals surface area contributed by atoms with Crippen molar-refractivity contribution in [3.05, 3.63) is 29.8 Å². The normalized spacial score (nSPS) is 14.5. The van der Waals surface area contributed by atoms with Gasteiger partial charge in [0.25, 0.3) is 0 Å². The summed E-state index contributed by atoms with van der Waals surface area (Å²) in [4.78, 5) is 13.5. The van der Waals surface area contributed by atoms with Gasteiger partial charge in [-0.1, -0.05) is 19.1 Å². The summed E-state index contributed by atoms with van der Waals surface area (Å²) in [6.45, 7) is 5.81.